The molecule has 0 saturated heterocycles. The van der Waals surface area contributed by atoms with Crippen molar-refractivity contribution in [3.05, 3.63) is 22.7 Å². The van der Waals surface area contributed by atoms with Crippen molar-refractivity contribution >= 4 is 31.5 Å². The summed E-state index contributed by atoms with van der Waals surface area (Å²) >= 11 is 3.32. The van der Waals surface area contributed by atoms with Crippen LogP contribution in [-0.2, 0) is 9.84 Å². The van der Waals surface area contributed by atoms with Gasteiger partial charge in [0.25, 0.3) is 0 Å². The smallest absolute Gasteiger partial charge is 0.182 e. The highest BCUT2D eigenvalue weighted by molar-refractivity contribution is 9.10. The molecule has 0 saturated carbocycles. The molecular weight excluding hydrogens is 280 g/mol. The van der Waals surface area contributed by atoms with Crippen LogP contribution in [0.1, 0.15) is 0 Å². The van der Waals surface area contributed by atoms with Gasteiger partial charge in [0.2, 0.25) is 0 Å². The predicted molar refractivity (Wildman–Crippen MR) is 62.7 cm³/mol. The number of hydrogen-bond acceptors (Lipinski definition) is 4. The summed E-state index contributed by atoms with van der Waals surface area (Å²) in [5.74, 6) is 0.0625. The van der Waals surface area contributed by atoms with Gasteiger partial charge in [-0.05, 0) is 28.1 Å². The molecular formula is C9H11BrN2O2S. The van der Waals surface area contributed by atoms with Crippen LogP contribution in [0.15, 0.2) is 27.6 Å². The Labute approximate surface area is 96.9 Å². The minimum Gasteiger partial charge on any atom is -0.378 e. The summed E-state index contributed by atoms with van der Waals surface area (Å²) < 4.78 is 24.5. The molecule has 82 valence electrons. The van der Waals surface area contributed by atoms with Crippen molar-refractivity contribution in [3.63, 3.8) is 0 Å². The Morgan fingerprint density at radius 3 is 2.93 bits per heavy atom. The standard InChI is InChI=1S/C9H11BrN2O2S/c10-7-2-1-3-8-9(7)12-6(4-11)5-15(8,13)14/h1-3,6,12H,4-5,11H2. The molecule has 0 bridgehead atoms. The monoisotopic (exact) mass is 290 g/mol. The van der Waals surface area contributed by atoms with Crippen LogP contribution in [0, 0.1) is 0 Å². The average Bonchev–Trinajstić information content (AvgIpc) is 2.18. The summed E-state index contributed by atoms with van der Waals surface area (Å²) in [5, 5.41) is 3.12. The molecule has 15 heavy (non-hydrogen) atoms. The fourth-order valence-corrected chi connectivity index (χ4v) is 3.94. The zero-order valence-electron chi connectivity index (χ0n) is 7.90. The zero-order valence-corrected chi connectivity index (χ0v) is 10.3. The van der Waals surface area contributed by atoms with E-state index in [2.05, 4.69) is 21.2 Å². The van der Waals surface area contributed by atoms with E-state index in [9.17, 15) is 8.42 Å². The highest BCUT2D eigenvalue weighted by atomic mass is 79.9. The second kappa shape index (κ2) is 3.77. The summed E-state index contributed by atoms with van der Waals surface area (Å²) in [5.41, 5.74) is 6.11. The number of fused-ring (bicyclic) bond motifs is 1. The van der Waals surface area contributed by atoms with Crippen molar-refractivity contribution in [2.24, 2.45) is 5.73 Å². The maximum absolute atomic E-state index is 11.9. The van der Waals surface area contributed by atoms with Gasteiger partial charge in [0, 0.05) is 11.0 Å². The molecule has 0 spiro atoms. The Morgan fingerprint density at radius 1 is 1.53 bits per heavy atom. The zero-order chi connectivity index (χ0) is 11.1. The van der Waals surface area contributed by atoms with Crippen LogP contribution in [0.4, 0.5) is 5.69 Å². The van der Waals surface area contributed by atoms with Gasteiger partial charge in [-0.1, -0.05) is 6.07 Å². The molecule has 1 aliphatic heterocycles. The van der Waals surface area contributed by atoms with Crippen molar-refractivity contribution < 1.29 is 8.42 Å². The maximum Gasteiger partial charge on any atom is 0.182 e. The second-order valence-corrected chi connectivity index (χ2v) is 6.33. The number of halogens is 1. The van der Waals surface area contributed by atoms with Crippen molar-refractivity contribution in [3.8, 4) is 0 Å². The molecule has 2 rings (SSSR count). The van der Waals surface area contributed by atoms with Gasteiger partial charge in [0.15, 0.2) is 9.84 Å². The summed E-state index contributed by atoms with van der Waals surface area (Å²) in [6.45, 7) is 0.306. The summed E-state index contributed by atoms with van der Waals surface area (Å²) in [7, 11) is -3.20. The lowest BCUT2D eigenvalue weighted by Crippen LogP contribution is -2.39. The normalized spacial score (nSPS) is 22.9. The van der Waals surface area contributed by atoms with Gasteiger partial charge in [0.05, 0.1) is 22.4 Å². The predicted octanol–water partition coefficient (Wildman–Crippen LogP) is 0.976. The quantitative estimate of drug-likeness (QED) is 0.809. The van der Waals surface area contributed by atoms with Gasteiger partial charge in [0.1, 0.15) is 0 Å². The van der Waals surface area contributed by atoms with Crippen LogP contribution < -0.4 is 11.1 Å². The van der Waals surface area contributed by atoms with Gasteiger partial charge in [-0.25, -0.2) is 8.42 Å². The molecule has 0 radical (unpaired) electrons. The highest BCUT2D eigenvalue weighted by Crippen LogP contribution is 2.34. The SMILES string of the molecule is NCC1CS(=O)(=O)c2cccc(Br)c2N1. The minimum absolute atomic E-state index is 0.0625. The molecule has 1 aromatic rings. The van der Waals surface area contributed by atoms with Crippen molar-refractivity contribution in [1.82, 2.24) is 0 Å². The molecule has 0 aliphatic carbocycles. The first kappa shape index (κ1) is 10.9. The van der Waals surface area contributed by atoms with Gasteiger partial charge >= 0.3 is 0 Å². The van der Waals surface area contributed by atoms with Gasteiger partial charge in [-0.3, -0.25) is 0 Å². The third-order valence-corrected chi connectivity index (χ3v) is 4.88. The number of nitrogens with two attached hydrogens (primary N) is 1. The fourth-order valence-electron chi connectivity index (χ4n) is 1.63. The number of rotatable bonds is 1. The molecule has 0 amide bonds. The second-order valence-electron chi connectivity index (χ2n) is 3.47. The van der Waals surface area contributed by atoms with Crippen molar-refractivity contribution in [1.29, 1.82) is 0 Å². The van der Waals surface area contributed by atoms with Crippen LogP contribution in [0.3, 0.4) is 0 Å². The number of hydrogen-bond donors (Lipinski definition) is 2. The van der Waals surface area contributed by atoms with Crippen molar-refractivity contribution in [2.45, 2.75) is 10.9 Å². The molecule has 1 atom stereocenters. The van der Waals surface area contributed by atoms with Crippen LogP contribution >= 0.6 is 15.9 Å². The molecule has 1 aliphatic rings. The highest BCUT2D eigenvalue weighted by Gasteiger charge is 2.30. The van der Waals surface area contributed by atoms with E-state index in [0.717, 1.165) is 4.47 Å². The van der Waals surface area contributed by atoms with E-state index >= 15 is 0 Å². The summed E-state index contributed by atoms with van der Waals surface area (Å²) in [6, 6.07) is 4.92. The number of para-hydroxylation sites is 1. The molecule has 1 aromatic carbocycles. The van der Waals surface area contributed by atoms with Crippen LogP contribution in [0.25, 0.3) is 0 Å². The topological polar surface area (TPSA) is 72.2 Å². The lowest BCUT2D eigenvalue weighted by atomic mass is 10.2. The number of sulfone groups is 1. The third-order valence-electron chi connectivity index (χ3n) is 2.36. The largest absolute Gasteiger partial charge is 0.378 e. The summed E-state index contributed by atoms with van der Waals surface area (Å²) in [4.78, 5) is 0.349. The van der Waals surface area contributed by atoms with E-state index in [1.165, 1.54) is 0 Å². The lowest BCUT2D eigenvalue weighted by Gasteiger charge is -2.26. The number of benzene rings is 1. The Bertz CT molecular complexity index is 487. The molecule has 1 heterocycles. The number of anilines is 1. The minimum atomic E-state index is -3.20. The van der Waals surface area contributed by atoms with Gasteiger partial charge in [-0.2, -0.15) is 0 Å². The Hall–Kier alpha value is -0.590. The maximum atomic E-state index is 11.9. The van der Waals surface area contributed by atoms with Crippen LogP contribution in [0.2, 0.25) is 0 Å². The van der Waals surface area contributed by atoms with E-state index in [1.807, 2.05) is 0 Å². The molecule has 1 unspecified atom stereocenters. The van der Waals surface area contributed by atoms with E-state index in [0.29, 0.717) is 17.1 Å². The molecule has 0 aromatic heterocycles. The van der Waals surface area contributed by atoms with Crippen LogP contribution in [0.5, 0.6) is 0 Å². The molecule has 0 fully saturated rings. The molecule has 4 nitrogen and oxygen atoms in total. The average molecular weight is 291 g/mol. The first-order valence-corrected chi connectivity index (χ1v) is 6.97. The van der Waals surface area contributed by atoms with Gasteiger partial charge in [-0.15, -0.1) is 0 Å². The molecule has 3 N–H and O–H groups in total. The summed E-state index contributed by atoms with van der Waals surface area (Å²) in [6.07, 6.45) is 0. The number of nitrogens with one attached hydrogen (secondary N) is 1. The third kappa shape index (κ3) is 1.89. The Morgan fingerprint density at radius 2 is 2.27 bits per heavy atom. The Balaban J connectivity index is 2.60. The Kier molecular flexibility index (Phi) is 2.74. The lowest BCUT2D eigenvalue weighted by molar-refractivity contribution is 0.585. The first-order chi connectivity index (χ1) is 7.04. The molecule has 6 heteroatoms. The van der Waals surface area contributed by atoms with Crippen molar-refractivity contribution in [2.75, 3.05) is 17.6 Å². The van der Waals surface area contributed by atoms with Crippen LogP contribution in [-0.4, -0.2) is 26.8 Å². The van der Waals surface area contributed by atoms with Gasteiger partial charge < -0.3 is 11.1 Å². The first-order valence-electron chi connectivity index (χ1n) is 4.52. The van der Waals surface area contributed by atoms with E-state index in [4.69, 9.17) is 5.73 Å². The van der Waals surface area contributed by atoms with E-state index in [1.54, 1.807) is 18.2 Å². The van der Waals surface area contributed by atoms with E-state index < -0.39 is 9.84 Å². The fraction of sp³-hybridized carbons (Fsp3) is 0.333. The van der Waals surface area contributed by atoms with E-state index in [-0.39, 0.29) is 11.8 Å².